The Morgan fingerprint density at radius 3 is 2.36 bits per heavy atom. The van der Waals surface area contributed by atoms with Gasteiger partial charge in [-0.05, 0) is 63.1 Å². The number of nitrogens with zero attached hydrogens (tertiary/aromatic N) is 3. The molecule has 7 nitrogen and oxygen atoms in total. The van der Waals surface area contributed by atoms with Gasteiger partial charge in [-0.2, -0.15) is 5.10 Å². The summed E-state index contributed by atoms with van der Waals surface area (Å²) in [7, 11) is 1.63. The van der Waals surface area contributed by atoms with Crippen molar-refractivity contribution in [1.29, 1.82) is 0 Å². The SMILES string of the molecule is CCCNC(=O)N(Cc1c(C)nn(-c2ccccc2)c1Oc1ccc(OC)cc1)C(C)CC. The van der Waals surface area contributed by atoms with Crippen molar-refractivity contribution in [3.63, 3.8) is 0 Å². The van der Waals surface area contributed by atoms with Crippen LogP contribution in [0.25, 0.3) is 5.69 Å². The second-order valence-electron chi connectivity index (χ2n) is 8.01. The molecule has 1 N–H and O–H groups in total. The summed E-state index contributed by atoms with van der Waals surface area (Å²) in [4.78, 5) is 14.8. The number of aryl methyl sites for hydroxylation is 1. The lowest BCUT2D eigenvalue weighted by atomic mass is 10.1. The second-order valence-corrected chi connectivity index (χ2v) is 8.01. The molecule has 1 heterocycles. The molecule has 2 amide bonds. The van der Waals surface area contributed by atoms with Crippen LogP contribution in [0.2, 0.25) is 0 Å². The average molecular weight is 451 g/mol. The van der Waals surface area contributed by atoms with Crippen molar-refractivity contribution in [2.24, 2.45) is 0 Å². The second kappa shape index (κ2) is 11.4. The Morgan fingerprint density at radius 1 is 1.09 bits per heavy atom. The number of hydrogen-bond donors (Lipinski definition) is 1. The number of methoxy groups -OCH3 is 1. The lowest BCUT2D eigenvalue weighted by molar-refractivity contribution is 0.172. The molecule has 0 aliphatic carbocycles. The Morgan fingerprint density at radius 2 is 1.76 bits per heavy atom. The van der Waals surface area contributed by atoms with Crippen LogP contribution in [0.15, 0.2) is 54.6 Å². The number of ether oxygens (including phenoxy) is 2. The minimum Gasteiger partial charge on any atom is -0.497 e. The summed E-state index contributed by atoms with van der Waals surface area (Å²) in [5, 5.41) is 7.79. The first-order valence-electron chi connectivity index (χ1n) is 11.5. The van der Waals surface area contributed by atoms with Crippen LogP contribution in [-0.2, 0) is 6.54 Å². The first kappa shape index (κ1) is 24.2. The van der Waals surface area contributed by atoms with E-state index in [2.05, 4.69) is 19.2 Å². The molecule has 1 unspecified atom stereocenters. The summed E-state index contributed by atoms with van der Waals surface area (Å²) in [6.07, 6.45) is 1.73. The Kier molecular flexibility index (Phi) is 8.35. The van der Waals surface area contributed by atoms with Crippen molar-refractivity contribution < 1.29 is 14.3 Å². The van der Waals surface area contributed by atoms with Gasteiger partial charge in [0.05, 0.1) is 30.6 Å². The van der Waals surface area contributed by atoms with E-state index in [9.17, 15) is 4.79 Å². The minimum absolute atomic E-state index is 0.0650. The number of amides is 2. The van der Waals surface area contributed by atoms with Crippen molar-refractivity contribution >= 4 is 6.03 Å². The summed E-state index contributed by atoms with van der Waals surface area (Å²) >= 11 is 0. The number of benzene rings is 2. The third-order valence-electron chi connectivity index (χ3n) is 5.65. The molecule has 0 spiro atoms. The third kappa shape index (κ3) is 5.86. The summed E-state index contributed by atoms with van der Waals surface area (Å²) in [6, 6.07) is 17.3. The fourth-order valence-corrected chi connectivity index (χ4v) is 3.48. The molecule has 3 rings (SSSR count). The normalized spacial score (nSPS) is 11.7. The van der Waals surface area contributed by atoms with E-state index in [1.54, 1.807) is 11.8 Å². The lowest BCUT2D eigenvalue weighted by Crippen LogP contribution is -2.44. The lowest BCUT2D eigenvalue weighted by Gasteiger charge is -2.29. The first-order chi connectivity index (χ1) is 16.0. The van der Waals surface area contributed by atoms with Gasteiger partial charge in [-0.25, -0.2) is 9.48 Å². The van der Waals surface area contributed by atoms with Crippen molar-refractivity contribution in [3.05, 3.63) is 65.9 Å². The van der Waals surface area contributed by atoms with Crippen molar-refractivity contribution in [3.8, 4) is 23.1 Å². The van der Waals surface area contributed by atoms with Crippen LogP contribution >= 0.6 is 0 Å². The molecular weight excluding hydrogens is 416 g/mol. The third-order valence-corrected chi connectivity index (χ3v) is 5.65. The molecule has 0 aliphatic heterocycles. The van der Waals surface area contributed by atoms with Gasteiger partial charge in [0.2, 0.25) is 5.88 Å². The quantitative estimate of drug-likeness (QED) is 0.430. The highest BCUT2D eigenvalue weighted by Crippen LogP contribution is 2.32. The molecule has 33 heavy (non-hydrogen) atoms. The molecule has 0 aliphatic rings. The van der Waals surface area contributed by atoms with Crippen molar-refractivity contribution in [2.45, 2.75) is 53.1 Å². The Balaban J connectivity index is 2.03. The monoisotopic (exact) mass is 450 g/mol. The van der Waals surface area contributed by atoms with Gasteiger partial charge in [0.25, 0.3) is 0 Å². The molecular formula is C26H34N4O3. The van der Waals surface area contributed by atoms with Gasteiger partial charge in [-0.3, -0.25) is 0 Å². The highest BCUT2D eigenvalue weighted by atomic mass is 16.5. The van der Waals surface area contributed by atoms with E-state index < -0.39 is 0 Å². The maximum absolute atomic E-state index is 13.0. The van der Waals surface area contributed by atoms with Gasteiger partial charge in [0, 0.05) is 12.6 Å². The van der Waals surface area contributed by atoms with Gasteiger partial charge in [-0.1, -0.05) is 32.0 Å². The van der Waals surface area contributed by atoms with Crippen LogP contribution in [0.4, 0.5) is 4.79 Å². The predicted molar refractivity (Wildman–Crippen MR) is 130 cm³/mol. The fourth-order valence-electron chi connectivity index (χ4n) is 3.48. The molecule has 2 aromatic carbocycles. The zero-order valence-electron chi connectivity index (χ0n) is 20.2. The maximum Gasteiger partial charge on any atom is 0.317 e. The van der Waals surface area contributed by atoms with E-state index in [0.717, 1.165) is 35.5 Å². The molecule has 1 aromatic heterocycles. The summed E-state index contributed by atoms with van der Waals surface area (Å²) < 4.78 is 13.4. The minimum atomic E-state index is -0.0755. The Hall–Kier alpha value is -3.48. The summed E-state index contributed by atoms with van der Waals surface area (Å²) in [6.45, 7) is 9.18. The van der Waals surface area contributed by atoms with E-state index >= 15 is 0 Å². The molecule has 0 radical (unpaired) electrons. The summed E-state index contributed by atoms with van der Waals surface area (Å²) in [5.74, 6) is 2.02. The van der Waals surface area contributed by atoms with Crippen LogP contribution in [0.1, 0.15) is 44.9 Å². The number of urea groups is 1. The van der Waals surface area contributed by atoms with Gasteiger partial charge < -0.3 is 19.7 Å². The van der Waals surface area contributed by atoms with Gasteiger partial charge in [0.1, 0.15) is 11.5 Å². The first-order valence-corrected chi connectivity index (χ1v) is 11.5. The maximum atomic E-state index is 13.0. The van der Waals surface area contributed by atoms with Crippen molar-refractivity contribution in [1.82, 2.24) is 20.0 Å². The zero-order valence-corrected chi connectivity index (χ0v) is 20.2. The van der Waals surface area contributed by atoms with E-state index in [0.29, 0.717) is 24.7 Å². The number of carbonyl (C=O) groups excluding carboxylic acids is 1. The molecule has 0 saturated heterocycles. The molecule has 0 saturated carbocycles. The van der Waals surface area contributed by atoms with Crippen LogP contribution in [0, 0.1) is 6.92 Å². The Bertz CT molecular complexity index is 1030. The van der Waals surface area contributed by atoms with E-state index in [4.69, 9.17) is 14.6 Å². The number of rotatable bonds is 10. The van der Waals surface area contributed by atoms with E-state index in [1.165, 1.54) is 0 Å². The summed E-state index contributed by atoms with van der Waals surface area (Å²) in [5.41, 5.74) is 2.58. The largest absolute Gasteiger partial charge is 0.497 e. The number of carbonyl (C=O) groups is 1. The predicted octanol–water partition coefficient (Wildman–Crippen LogP) is 5.70. The average Bonchev–Trinajstić information content (AvgIpc) is 3.16. The highest BCUT2D eigenvalue weighted by Gasteiger charge is 2.26. The topological polar surface area (TPSA) is 68.6 Å². The molecule has 176 valence electrons. The van der Waals surface area contributed by atoms with Crippen LogP contribution in [0.5, 0.6) is 17.4 Å². The van der Waals surface area contributed by atoms with Gasteiger partial charge >= 0.3 is 6.03 Å². The van der Waals surface area contributed by atoms with Gasteiger partial charge in [0.15, 0.2) is 0 Å². The molecule has 0 bridgehead atoms. The van der Waals surface area contributed by atoms with Crippen LogP contribution < -0.4 is 14.8 Å². The molecule has 1 atom stereocenters. The van der Waals surface area contributed by atoms with E-state index in [1.807, 2.05) is 73.3 Å². The molecule has 7 heteroatoms. The van der Waals surface area contributed by atoms with Crippen molar-refractivity contribution in [2.75, 3.05) is 13.7 Å². The highest BCUT2D eigenvalue weighted by molar-refractivity contribution is 5.74. The number of aromatic nitrogens is 2. The zero-order chi connectivity index (χ0) is 23.8. The molecule has 3 aromatic rings. The standard InChI is InChI=1S/C26H34N4O3/c1-6-17-27-26(31)29(19(3)7-2)18-24-20(4)28-30(21-11-9-8-10-12-21)25(24)33-23-15-13-22(32-5)14-16-23/h8-16,19H,6-7,17-18H2,1-5H3,(H,27,31). The number of nitrogens with one attached hydrogen (secondary N) is 1. The fraction of sp³-hybridized carbons (Fsp3) is 0.385. The Labute approximate surface area is 196 Å². The van der Waals surface area contributed by atoms with Crippen LogP contribution in [-0.4, -0.2) is 40.4 Å². The molecule has 0 fully saturated rings. The smallest absolute Gasteiger partial charge is 0.317 e. The van der Waals surface area contributed by atoms with Gasteiger partial charge in [-0.15, -0.1) is 0 Å². The number of hydrogen-bond acceptors (Lipinski definition) is 4. The number of para-hydroxylation sites is 1. The van der Waals surface area contributed by atoms with E-state index in [-0.39, 0.29) is 12.1 Å². The van der Waals surface area contributed by atoms with Crippen LogP contribution in [0.3, 0.4) is 0 Å².